The van der Waals surface area contributed by atoms with E-state index in [-0.39, 0.29) is 18.4 Å². The van der Waals surface area contributed by atoms with Crippen molar-refractivity contribution in [3.05, 3.63) is 54.1 Å². The third kappa shape index (κ3) is 6.39. The van der Waals surface area contributed by atoms with Gasteiger partial charge in [-0.25, -0.2) is 0 Å². The number of amides is 2. The lowest BCUT2D eigenvalue weighted by Crippen LogP contribution is -2.59. The van der Waals surface area contributed by atoms with Crippen molar-refractivity contribution in [2.24, 2.45) is 0 Å². The van der Waals surface area contributed by atoms with Crippen molar-refractivity contribution in [1.29, 1.82) is 0 Å². The van der Waals surface area contributed by atoms with Gasteiger partial charge in [0.2, 0.25) is 17.6 Å². The normalized spacial score (nSPS) is 16.1. The van der Waals surface area contributed by atoms with Crippen molar-refractivity contribution in [3.8, 4) is 28.4 Å². The summed E-state index contributed by atoms with van der Waals surface area (Å²) in [5, 5.41) is 0. The molecule has 0 unspecified atom stereocenters. The van der Waals surface area contributed by atoms with Crippen LogP contribution in [0.4, 0.5) is 0 Å². The van der Waals surface area contributed by atoms with Crippen LogP contribution in [0.2, 0.25) is 0 Å². The fourth-order valence-corrected chi connectivity index (χ4v) is 4.42. The van der Waals surface area contributed by atoms with Crippen LogP contribution < -0.4 is 14.2 Å². The van der Waals surface area contributed by atoms with Crippen LogP contribution in [0.1, 0.15) is 38.2 Å². The Balaban J connectivity index is 1.72. The van der Waals surface area contributed by atoms with Gasteiger partial charge in [-0.1, -0.05) is 56.2 Å². The predicted octanol–water partition coefficient (Wildman–Crippen LogP) is 4.73. The molecule has 0 aromatic heterocycles. The number of carbonyl (C=O) groups is 2. The van der Waals surface area contributed by atoms with E-state index in [9.17, 15) is 9.59 Å². The summed E-state index contributed by atoms with van der Waals surface area (Å²) < 4.78 is 16.4. The topological polar surface area (TPSA) is 68.3 Å². The van der Waals surface area contributed by atoms with Crippen LogP contribution in [0.3, 0.4) is 0 Å². The Morgan fingerprint density at radius 2 is 1.58 bits per heavy atom. The van der Waals surface area contributed by atoms with Crippen molar-refractivity contribution in [1.82, 2.24) is 9.80 Å². The molecule has 1 heterocycles. The van der Waals surface area contributed by atoms with E-state index in [1.807, 2.05) is 42.5 Å². The first-order valence-corrected chi connectivity index (χ1v) is 12.5. The average Bonchev–Trinajstić information content (AvgIpc) is 2.90. The van der Waals surface area contributed by atoms with E-state index in [0.717, 1.165) is 29.5 Å². The van der Waals surface area contributed by atoms with Gasteiger partial charge >= 0.3 is 0 Å². The van der Waals surface area contributed by atoms with E-state index in [0.29, 0.717) is 30.2 Å². The molecule has 0 radical (unpaired) electrons. The van der Waals surface area contributed by atoms with E-state index in [2.05, 4.69) is 13.0 Å². The molecule has 194 valence electrons. The highest BCUT2D eigenvalue weighted by Gasteiger charge is 2.36. The molecule has 2 aromatic rings. The zero-order valence-corrected chi connectivity index (χ0v) is 22.1. The van der Waals surface area contributed by atoms with E-state index in [1.54, 1.807) is 38.2 Å². The summed E-state index contributed by atoms with van der Waals surface area (Å²) in [5.74, 6) is 1.67. The Bertz CT molecular complexity index is 1040. The zero-order chi connectivity index (χ0) is 26.1. The molecule has 1 aliphatic heterocycles. The molecule has 1 saturated heterocycles. The van der Waals surface area contributed by atoms with Crippen molar-refractivity contribution >= 4 is 11.8 Å². The van der Waals surface area contributed by atoms with Crippen LogP contribution >= 0.6 is 0 Å². The van der Waals surface area contributed by atoms with Gasteiger partial charge in [-0.3, -0.25) is 9.59 Å². The maximum absolute atomic E-state index is 13.2. The first-order valence-electron chi connectivity index (χ1n) is 12.5. The number of hydrogen-bond donors (Lipinski definition) is 0. The number of unbranched alkanes of at least 4 members (excludes halogenated alkanes) is 3. The van der Waals surface area contributed by atoms with Gasteiger partial charge in [0.05, 0.1) is 21.3 Å². The van der Waals surface area contributed by atoms with E-state index < -0.39 is 6.04 Å². The number of nitrogens with zero attached hydrogens (tertiary/aromatic N) is 2. The molecule has 7 heteroatoms. The Hall–Kier alpha value is -3.48. The van der Waals surface area contributed by atoms with Crippen LogP contribution in [-0.4, -0.2) is 69.1 Å². The minimum Gasteiger partial charge on any atom is -0.493 e. The van der Waals surface area contributed by atoms with E-state index in [1.165, 1.54) is 12.8 Å². The second-order valence-electron chi connectivity index (χ2n) is 9.02. The minimum atomic E-state index is -0.508. The third-order valence-electron chi connectivity index (χ3n) is 6.63. The maximum Gasteiger partial charge on any atom is 0.246 e. The molecule has 36 heavy (non-hydrogen) atoms. The molecule has 0 spiro atoms. The van der Waals surface area contributed by atoms with Gasteiger partial charge in [-0.15, -0.1) is 0 Å². The second kappa shape index (κ2) is 13.0. The fourth-order valence-electron chi connectivity index (χ4n) is 4.42. The molecule has 0 N–H and O–H groups in total. The van der Waals surface area contributed by atoms with Crippen LogP contribution in [0.5, 0.6) is 17.2 Å². The average molecular weight is 495 g/mol. The number of methoxy groups -OCH3 is 3. The lowest BCUT2D eigenvalue weighted by atomic mass is 9.98. The Kier molecular flexibility index (Phi) is 9.79. The summed E-state index contributed by atoms with van der Waals surface area (Å²) >= 11 is 0. The van der Waals surface area contributed by atoms with Gasteiger partial charge in [0.1, 0.15) is 12.6 Å². The summed E-state index contributed by atoms with van der Waals surface area (Å²) in [6.07, 6.45) is 9.13. The highest BCUT2D eigenvalue weighted by molar-refractivity contribution is 5.95. The maximum atomic E-state index is 13.2. The number of ether oxygens (including phenoxy) is 3. The van der Waals surface area contributed by atoms with Gasteiger partial charge in [0, 0.05) is 20.0 Å². The van der Waals surface area contributed by atoms with Crippen LogP contribution in [0.25, 0.3) is 11.1 Å². The SMILES string of the molecule is CCCCCC=CCN1CC(=O)N(C)[C@@H](Cc2ccc(-c3cc(OC)c(OC)c(OC)c3)cc2)C1=O. The van der Waals surface area contributed by atoms with Crippen molar-refractivity contribution in [2.75, 3.05) is 41.5 Å². The van der Waals surface area contributed by atoms with E-state index in [4.69, 9.17) is 14.2 Å². The minimum absolute atomic E-state index is 0.0102. The molecule has 0 bridgehead atoms. The Morgan fingerprint density at radius 3 is 2.17 bits per heavy atom. The molecule has 2 aromatic carbocycles. The van der Waals surface area contributed by atoms with Gasteiger partial charge in [-0.2, -0.15) is 0 Å². The fraction of sp³-hybridized carbons (Fsp3) is 0.448. The van der Waals surface area contributed by atoms with Gasteiger partial charge in [0.15, 0.2) is 11.5 Å². The van der Waals surface area contributed by atoms with Gasteiger partial charge in [-0.05, 0) is 41.7 Å². The lowest BCUT2D eigenvalue weighted by molar-refractivity contribution is -0.153. The van der Waals surface area contributed by atoms with Gasteiger partial charge in [0.25, 0.3) is 0 Å². The summed E-state index contributed by atoms with van der Waals surface area (Å²) in [6, 6.07) is 11.3. The molecule has 1 atom stereocenters. The first kappa shape index (κ1) is 27.1. The molecule has 7 nitrogen and oxygen atoms in total. The molecular formula is C29H38N2O5. The summed E-state index contributed by atoms with van der Waals surface area (Å²) in [4.78, 5) is 29.1. The Morgan fingerprint density at radius 1 is 0.917 bits per heavy atom. The van der Waals surface area contributed by atoms with E-state index >= 15 is 0 Å². The van der Waals surface area contributed by atoms with Crippen molar-refractivity contribution < 1.29 is 23.8 Å². The molecule has 1 fully saturated rings. The van der Waals surface area contributed by atoms with Crippen molar-refractivity contribution in [3.63, 3.8) is 0 Å². The summed E-state index contributed by atoms with van der Waals surface area (Å²) in [6.45, 7) is 2.78. The molecule has 0 saturated carbocycles. The largest absolute Gasteiger partial charge is 0.493 e. The number of piperazine rings is 1. The molecular weight excluding hydrogens is 456 g/mol. The van der Waals surface area contributed by atoms with Crippen LogP contribution in [0, 0.1) is 0 Å². The molecule has 3 rings (SSSR count). The quantitative estimate of drug-likeness (QED) is 0.315. The van der Waals surface area contributed by atoms with Crippen LogP contribution in [-0.2, 0) is 16.0 Å². The van der Waals surface area contributed by atoms with Crippen LogP contribution in [0.15, 0.2) is 48.6 Å². The molecule has 2 amide bonds. The highest BCUT2D eigenvalue weighted by atomic mass is 16.5. The number of hydrogen-bond acceptors (Lipinski definition) is 5. The first-order chi connectivity index (χ1) is 17.4. The smallest absolute Gasteiger partial charge is 0.246 e. The monoisotopic (exact) mass is 494 g/mol. The Labute approximate surface area is 214 Å². The molecule has 1 aliphatic rings. The second-order valence-corrected chi connectivity index (χ2v) is 9.02. The summed E-state index contributed by atoms with van der Waals surface area (Å²) in [7, 11) is 6.48. The lowest BCUT2D eigenvalue weighted by Gasteiger charge is -2.38. The number of rotatable bonds is 12. The number of benzene rings is 2. The number of likely N-dealkylation sites (N-methyl/N-ethyl adjacent to an activating group) is 1. The standard InChI is InChI=1S/C29H38N2O5/c1-6-7-8-9-10-11-16-31-20-27(32)30(2)24(29(31)33)17-21-12-14-22(15-13-21)23-18-25(34-3)28(36-5)26(19-23)35-4/h10-15,18-19,24H,6-9,16-17,20H2,1-5H3/t24-/m0/s1. The van der Waals surface area contributed by atoms with Gasteiger partial charge < -0.3 is 24.0 Å². The zero-order valence-electron chi connectivity index (χ0n) is 22.1. The molecule has 0 aliphatic carbocycles. The third-order valence-corrected chi connectivity index (χ3v) is 6.63. The number of carbonyl (C=O) groups excluding carboxylic acids is 2. The summed E-state index contributed by atoms with van der Waals surface area (Å²) in [5.41, 5.74) is 2.89. The predicted molar refractivity (Wildman–Crippen MR) is 142 cm³/mol. The highest BCUT2D eigenvalue weighted by Crippen LogP contribution is 2.41. The van der Waals surface area contributed by atoms with Crippen molar-refractivity contribution in [2.45, 2.75) is 45.1 Å². The number of allylic oxidation sites excluding steroid dienone is 1.